The maximum atomic E-state index is 12.3. The van der Waals surface area contributed by atoms with Gasteiger partial charge in [0.05, 0.1) is 9.79 Å². The van der Waals surface area contributed by atoms with Crippen LogP contribution in [0.3, 0.4) is 0 Å². The molecule has 2 fully saturated rings. The minimum absolute atomic E-state index is 0. The van der Waals surface area contributed by atoms with Gasteiger partial charge in [0.15, 0.2) is 0 Å². The van der Waals surface area contributed by atoms with Crippen LogP contribution in [0.25, 0.3) is 0 Å². The average molecular weight is 711 g/mol. The minimum atomic E-state index is -3.56. The Kier molecular flexibility index (Phi) is 26.3. The molecule has 0 unspecified atom stereocenters. The van der Waals surface area contributed by atoms with Crippen molar-refractivity contribution in [2.45, 2.75) is 62.2 Å². The molecule has 16 heteroatoms. The maximum Gasteiger partial charge on any atom is 1.00 e. The van der Waals surface area contributed by atoms with Gasteiger partial charge in [0.1, 0.15) is 11.6 Å². The molecule has 0 saturated carbocycles. The molecule has 4 rings (SSSR count). The van der Waals surface area contributed by atoms with Crippen LogP contribution < -0.4 is 113 Å². The van der Waals surface area contributed by atoms with Crippen LogP contribution in [0.2, 0.25) is 0 Å². The van der Waals surface area contributed by atoms with Crippen molar-refractivity contribution in [1.29, 1.82) is 0 Å². The van der Waals surface area contributed by atoms with E-state index in [2.05, 4.69) is 10.2 Å². The number of carbonyl (C=O) groups excluding carboxylic acids is 3. The van der Waals surface area contributed by atoms with E-state index in [9.17, 15) is 26.4 Å². The third-order valence-corrected chi connectivity index (χ3v) is 9.35. The zero-order valence-electron chi connectivity index (χ0n) is 26.1. The van der Waals surface area contributed by atoms with Gasteiger partial charge in [-0.05, 0) is 48.2 Å². The maximum absolute atomic E-state index is 12.3. The predicted molar refractivity (Wildman–Crippen MR) is 153 cm³/mol. The molecule has 2 heterocycles. The summed E-state index contributed by atoms with van der Waals surface area (Å²) in [5.74, 6) is 0.543. The van der Waals surface area contributed by atoms with Crippen molar-refractivity contribution in [3.8, 4) is 0 Å². The number of hydrogen-bond donors (Lipinski definition) is 1. The van der Waals surface area contributed by atoms with Crippen LogP contribution in [-0.4, -0.2) is 65.4 Å². The van der Waals surface area contributed by atoms with Gasteiger partial charge in [-0.3, -0.25) is 14.4 Å². The third kappa shape index (κ3) is 18.5. The number of piperidine rings is 2. The van der Waals surface area contributed by atoms with Crippen molar-refractivity contribution in [3.63, 3.8) is 0 Å². The van der Waals surface area contributed by atoms with E-state index >= 15 is 0 Å². The largest absolute Gasteiger partial charge is 1.00 e. The number of Topliss-reactive ketones (excluding diaryl/α,β-unsaturated/α-hetero) is 2. The van der Waals surface area contributed by atoms with Crippen LogP contribution >= 0.6 is 10.7 Å². The number of hydrogen-bond acceptors (Lipinski definition) is 10. The average Bonchev–Trinajstić information content (AvgIpc) is 2.98. The van der Waals surface area contributed by atoms with Gasteiger partial charge in [0, 0.05) is 62.5 Å². The van der Waals surface area contributed by atoms with Gasteiger partial charge >= 0.3 is 103 Å². The van der Waals surface area contributed by atoms with Gasteiger partial charge in [-0.1, -0.05) is 38.1 Å². The Morgan fingerprint density at radius 3 is 1.49 bits per heavy atom. The van der Waals surface area contributed by atoms with Gasteiger partial charge in [-0.2, -0.15) is 4.31 Å². The molecule has 2 aliphatic heterocycles. The number of benzene rings is 2. The van der Waals surface area contributed by atoms with Gasteiger partial charge in [-0.15, -0.1) is 0 Å². The van der Waals surface area contributed by atoms with E-state index in [1.54, 1.807) is 24.3 Å². The Balaban J connectivity index is -0.000000562. The Hall–Kier alpha value is 0.593. The Morgan fingerprint density at radius 1 is 0.814 bits per heavy atom. The number of ketones is 2. The van der Waals surface area contributed by atoms with Crippen molar-refractivity contribution < 1.29 is 146 Å². The number of rotatable bonds is 6. The van der Waals surface area contributed by atoms with E-state index in [-0.39, 0.29) is 121 Å². The molecule has 1 N–H and O–H groups in total. The van der Waals surface area contributed by atoms with E-state index in [0.29, 0.717) is 36.6 Å². The van der Waals surface area contributed by atoms with Gasteiger partial charge < -0.3 is 16.9 Å². The summed E-state index contributed by atoms with van der Waals surface area (Å²) >= 11 is 0. The quantitative estimate of drug-likeness (QED) is 0.104. The number of carbonyl (C=O) groups is 3. The summed E-state index contributed by atoms with van der Waals surface area (Å²) in [6.45, 7) is 6.23. The molecule has 0 spiro atoms. The smallest absolute Gasteiger partial charge is 1.00 e. The standard InChI is InChI=1S/C13H17NO3S.C8H9ClO2S.C5H9NO.CH2O3.2K.H/c1-2-11-3-5-13(6-4-11)18(16,17)14-9-7-12(15)8-10-14;1-2-7-3-5-8(6-4-7)12(9,10)11;7-5-1-3-6-4-2-5;2-1-4-3;;;/h3-6H,2,7-10H2,1H3;3-6H,2H2,1H3;6H,1-4H2;1,3H;;;/q;;;;2*+1;-1/p-1. The molecule has 43 heavy (non-hydrogen) atoms. The molecular weight excluding hydrogens is 674 g/mol. The third-order valence-electron chi connectivity index (χ3n) is 6.06. The molecule has 0 bridgehead atoms. The predicted octanol–water partition coefficient (Wildman–Crippen LogP) is -3.73. The molecule has 2 saturated heterocycles. The number of aryl methyl sites for hydroxylation is 2. The second-order valence-corrected chi connectivity index (χ2v) is 13.4. The van der Waals surface area contributed by atoms with Crippen LogP contribution in [0, 0.1) is 0 Å². The summed E-state index contributed by atoms with van der Waals surface area (Å²) in [7, 11) is -1.86. The SMILES string of the molecule is CCc1ccc(S(=O)(=O)Cl)cc1.CCc1ccc(S(=O)(=O)N2CCC(=O)CC2)cc1.O=C1CCNCC1.O=CO[O-].[H-].[K+].[K+]. The van der Waals surface area contributed by atoms with E-state index in [1.807, 2.05) is 26.0 Å². The molecule has 0 radical (unpaired) electrons. The molecule has 0 atom stereocenters. The first-order valence-electron chi connectivity index (χ1n) is 13.0. The van der Waals surface area contributed by atoms with Crippen LogP contribution in [-0.2, 0) is 51.2 Å². The summed E-state index contributed by atoms with van der Waals surface area (Å²) in [5.41, 5.74) is 2.21. The first-order chi connectivity index (χ1) is 19.4. The van der Waals surface area contributed by atoms with Crippen molar-refractivity contribution >= 4 is 47.8 Å². The normalized spacial score (nSPS) is 14.9. The summed E-state index contributed by atoms with van der Waals surface area (Å²) < 4.78 is 47.6. The van der Waals surface area contributed by atoms with Crippen molar-refractivity contribution in [3.05, 3.63) is 59.7 Å². The molecule has 2 aliphatic rings. The van der Waals surface area contributed by atoms with Crippen LogP contribution in [0.5, 0.6) is 0 Å². The molecule has 230 valence electrons. The molecule has 2 aromatic rings. The van der Waals surface area contributed by atoms with Crippen LogP contribution in [0.4, 0.5) is 0 Å². The summed E-state index contributed by atoms with van der Waals surface area (Å²) in [6, 6.07) is 13.5. The Bertz CT molecular complexity index is 1320. The molecule has 0 amide bonds. The Morgan fingerprint density at radius 2 is 1.19 bits per heavy atom. The van der Waals surface area contributed by atoms with E-state index < -0.39 is 19.1 Å². The van der Waals surface area contributed by atoms with Gasteiger partial charge in [0.2, 0.25) is 10.0 Å². The number of nitrogens with zero attached hydrogens (tertiary/aromatic N) is 1. The van der Waals surface area contributed by atoms with Crippen molar-refractivity contribution in [1.82, 2.24) is 9.62 Å². The second-order valence-electron chi connectivity index (χ2n) is 8.86. The van der Waals surface area contributed by atoms with Crippen LogP contribution in [0.15, 0.2) is 58.3 Å². The fourth-order valence-corrected chi connectivity index (χ4v) is 5.83. The molecule has 0 aliphatic carbocycles. The molecule has 0 aromatic heterocycles. The first-order valence-corrected chi connectivity index (χ1v) is 16.7. The number of sulfonamides is 1. The van der Waals surface area contributed by atoms with E-state index in [4.69, 9.17) is 20.7 Å². The molecular formula is C27H37ClK2N2O9S2. The topological polar surface area (TPSA) is 167 Å². The summed E-state index contributed by atoms with van der Waals surface area (Å²) in [5, 5.41) is 11.5. The number of nitrogens with one attached hydrogen (secondary N) is 1. The van der Waals surface area contributed by atoms with Crippen LogP contribution in [0.1, 0.15) is 52.1 Å². The zero-order valence-corrected chi connectivity index (χ0v) is 33.7. The first kappa shape index (κ1) is 45.7. The fraction of sp³-hybridized carbons (Fsp3) is 0.444. The van der Waals surface area contributed by atoms with Crippen molar-refractivity contribution in [2.75, 3.05) is 26.2 Å². The van der Waals surface area contributed by atoms with Crippen molar-refractivity contribution in [2.24, 2.45) is 0 Å². The second kappa shape index (κ2) is 24.7. The van der Waals surface area contributed by atoms with E-state index in [0.717, 1.165) is 49.9 Å². The van der Waals surface area contributed by atoms with Gasteiger partial charge in [-0.25, -0.2) is 16.8 Å². The molecule has 11 nitrogen and oxygen atoms in total. The monoisotopic (exact) mass is 710 g/mol. The minimum Gasteiger partial charge on any atom is -1.00 e. The fourth-order valence-electron chi connectivity index (χ4n) is 3.62. The molecule has 2 aromatic carbocycles. The zero-order chi connectivity index (χ0) is 30.9. The summed E-state index contributed by atoms with van der Waals surface area (Å²) in [4.78, 5) is 33.3. The van der Waals surface area contributed by atoms with E-state index in [1.165, 1.54) is 16.4 Å². The number of halogens is 1. The summed E-state index contributed by atoms with van der Waals surface area (Å²) in [6.07, 6.45) is 3.90. The van der Waals surface area contributed by atoms with Gasteiger partial charge in [0.25, 0.3) is 15.5 Å². The Labute approximate surface area is 345 Å².